The van der Waals surface area contributed by atoms with Gasteiger partial charge in [0.15, 0.2) is 11.4 Å². The molecular weight excluding hydrogens is 296 g/mol. The van der Waals surface area contributed by atoms with Crippen molar-refractivity contribution in [2.45, 2.75) is 64.8 Å². The molecule has 0 amide bonds. The molecule has 0 N–H and O–H groups in total. The number of hydrogen-bond donors (Lipinski definition) is 0. The minimum Gasteiger partial charge on any atom is -0.460 e. The van der Waals surface area contributed by atoms with Crippen LogP contribution in [-0.2, 0) is 14.3 Å². The maximum absolute atomic E-state index is 13.1. The predicted octanol–water partition coefficient (Wildman–Crippen LogP) is 3.35. The minimum absolute atomic E-state index is 0.0801. The Balaban J connectivity index is 1.93. The van der Waals surface area contributed by atoms with Crippen molar-refractivity contribution < 1.29 is 23.5 Å². The number of ether oxygens (including phenoxy) is 2. The first kappa shape index (κ1) is 14.9. The van der Waals surface area contributed by atoms with Gasteiger partial charge in [-0.05, 0) is 31.2 Å². The SMILES string of the molecule is CCC(=O)O[C@@H]1c2c(C)coc2C(=O)[C@@]23O[C@@H]2CC[C@H](C)[C@@]13C. The Labute approximate surface area is 135 Å². The van der Waals surface area contributed by atoms with Gasteiger partial charge in [0.1, 0.15) is 6.10 Å². The highest BCUT2D eigenvalue weighted by molar-refractivity contribution is 6.06. The third-order valence-electron chi connectivity index (χ3n) is 6.32. The van der Waals surface area contributed by atoms with Gasteiger partial charge in [-0.3, -0.25) is 9.59 Å². The van der Waals surface area contributed by atoms with Crippen LogP contribution in [0, 0.1) is 18.3 Å². The van der Waals surface area contributed by atoms with Crippen LogP contribution in [-0.4, -0.2) is 23.5 Å². The Bertz CT molecular complexity index is 704. The van der Waals surface area contributed by atoms with E-state index >= 15 is 0 Å². The van der Waals surface area contributed by atoms with Gasteiger partial charge in [-0.2, -0.15) is 0 Å². The van der Waals surface area contributed by atoms with Gasteiger partial charge in [0.25, 0.3) is 0 Å². The second-order valence-corrected chi connectivity index (χ2v) is 7.32. The van der Waals surface area contributed by atoms with Crippen LogP contribution in [0.5, 0.6) is 0 Å². The first-order valence-corrected chi connectivity index (χ1v) is 8.38. The van der Waals surface area contributed by atoms with Crippen LogP contribution < -0.4 is 0 Å². The van der Waals surface area contributed by atoms with E-state index in [1.807, 2.05) is 13.8 Å². The quantitative estimate of drug-likeness (QED) is 0.618. The summed E-state index contributed by atoms with van der Waals surface area (Å²) in [6.07, 6.45) is 3.13. The number of Topliss-reactive ketones (excluding diaryl/α,β-unsaturated/α-hetero) is 1. The Hall–Kier alpha value is -1.62. The van der Waals surface area contributed by atoms with Crippen molar-refractivity contribution in [1.82, 2.24) is 0 Å². The molecular formula is C18H22O5. The molecule has 5 nitrogen and oxygen atoms in total. The lowest BCUT2D eigenvalue weighted by molar-refractivity contribution is -0.165. The Morgan fingerprint density at radius 2 is 2.17 bits per heavy atom. The zero-order chi connectivity index (χ0) is 16.6. The van der Waals surface area contributed by atoms with Gasteiger partial charge in [-0.25, -0.2) is 0 Å². The molecule has 0 unspecified atom stereocenters. The number of aryl methyl sites for hydroxylation is 1. The average molecular weight is 318 g/mol. The summed E-state index contributed by atoms with van der Waals surface area (Å²) in [5.74, 6) is 0.179. The predicted molar refractivity (Wildman–Crippen MR) is 81.0 cm³/mol. The molecule has 1 spiro atoms. The van der Waals surface area contributed by atoms with Crippen molar-refractivity contribution in [1.29, 1.82) is 0 Å². The monoisotopic (exact) mass is 318 g/mol. The fraction of sp³-hybridized carbons (Fsp3) is 0.667. The van der Waals surface area contributed by atoms with Crippen molar-refractivity contribution in [3.8, 4) is 0 Å². The number of carbonyl (C=O) groups excluding carboxylic acids is 2. The summed E-state index contributed by atoms with van der Waals surface area (Å²) >= 11 is 0. The van der Waals surface area contributed by atoms with E-state index in [1.165, 1.54) is 0 Å². The molecule has 0 bridgehead atoms. The van der Waals surface area contributed by atoms with Gasteiger partial charge in [-0.15, -0.1) is 0 Å². The van der Waals surface area contributed by atoms with E-state index in [1.54, 1.807) is 13.2 Å². The molecule has 0 aromatic carbocycles. The topological polar surface area (TPSA) is 69.0 Å². The first-order chi connectivity index (χ1) is 10.9. The molecule has 1 saturated heterocycles. The molecule has 2 heterocycles. The van der Waals surface area contributed by atoms with Crippen LogP contribution in [0.1, 0.15) is 67.8 Å². The van der Waals surface area contributed by atoms with Crippen LogP contribution in [0.2, 0.25) is 0 Å². The number of hydrogen-bond acceptors (Lipinski definition) is 5. The lowest BCUT2D eigenvalue weighted by Gasteiger charge is -2.49. The van der Waals surface area contributed by atoms with E-state index in [0.717, 1.165) is 24.0 Å². The number of epoxide rings is 1. The summed E-state index contributed by atoms with van der Waals surface area (Å²) < 4.78 is 17.4. The van der Waals surface area contributed by atoms with Gasteiger partial charge in [0, 0.05) is 12.0 Å². The highest BCUT2D eigenvalue weighted by atomic mass is 16.6. The maximum Gasteiger partial charge on any atom is 0.306 e. The molecule has 0 radical (unpaired) electrons. The normalized spacial score (nSPS) is 40.9. The van der Waals surface area contributed by atoms with E-state index in [2.05, 4.69) is 6.92 Å². The Morgan fingerprint density at radius 3 is 2.87 bits per heavy atom. The van der Waals surface area contributed by atoms with Gasteiger partial charge in [0.05, 0.1) is 17.8 Å². The van der Waals surface area contributed by atoms with Gasteiger partial charge < -0.3 is 13.9 Å². The summed E-state index contributed by atoms with van der Waals surface area (Å²) in [7, 11) is 0. The summed E-state index contributed by atoms with van der Waals surface area (Å²) in [4.78, 5) is 25.2. The number of furan rings is 1. The smallest absolute Gasteiger partial charge is 0.306 e. The molecule has 23 heavy (non-hydrogen) atoms. The van der Waals surface area contributed by atoms with Crippen molar-refractivity contribution in [2.24, 2.45) is 11.3 Å². The summed E-state index contributed by atoms with van der Waals surface area (Å²) in [5.41, 5.74) is 0.140. The molecule has 5 heteroatoms. The van der Waals surface area contributed by atoms with Crippen LogP contribution in [0.15, 0.2) is 10.7 Å². The zero-order valence-corrected chi connectivity index (χ0v) is 14.0. The van der Waals surface area contributed by atoms with Crippen molar-refractivity contribution in [3.63, 3.8) is 0 Å². The molecule has 124 valence electrons. The van der Waals surface area contributed by atoms with E-state index in [9.17, 15) is 9.59 Å². The van der Waals surface area contributed by atoms with Crippen molar-refractivity contribution in [2.75, 3.05) is 0 Å². The van der Waals surface area contributed by atoms with Gasteiger partial charge in [-0.1, -0.05) is 20.8 Å². The van der Waals surface area contributed by atoms with Gasteiger partial charge in [0.2, 0.25) is 5.78 Å². The van der Waals surface area contributed by atoms with Crippen molar-refractivity contribution >= 4 is 11.8 Å². The molecule has 1 aromatic rings. The molecule has 3 aliphatic rings. The molecule has 5 atom stereocenters. The number of esters is 1. The second-order valence-electron chi connectivity index (χ2n) is 7.32. The highest BCUT2D eigenvalue weighted by Gasteiger charge is 2.80. The summed E-state index contributed by atoms with van der Waals surface area (Å²) in [6.45, 7) is 7.83. The van der Waals surface area contributed by atoms with Crippen LogP contribution in [0.3, 0.4) is 0 Å². The molecule has 1 saturated carbocycles. The lowest BCUT2D eigenvalue weighted by Crippen LogP contribution is -2.57. The Kier molecular flexibility index (Phi) is 2.90. The fourth-order valence-electron chi connectivity index (χ4n) is 4.71. The van der Waals surface area contributed by atoms with E-state index in [-0.39, 0.29) is 23.8 Å². The second kappa shape index (κ2) is 4.47. The maximum atomic E-state index is 13.1. The third-order valence-corrected chi connectivity index (χ3v) is 6.32. The largest absolute Gasteiger partial charge is 0.460 e. The van der Waals surface area contributed by atoms with E-state index in [0.29, 0.717) is 12.2 Å². The summed E-state index contributed by atoms with van der Waals surface area (Å²) in [5, 5.41) is 0. The summed E-state index contributed by atoms with van der Waals surface area (Å²) in [6, 6.07) is 0. The van der Waals surface area contributed by atoms with Crippen molar-refractivity contribution in [3.05, 3.63) is 23.2 Å². The molecule has 2 aliphatic carbocycles. The molecule has 4 rings (SSSR count). The lowest BCUT2D eigenvalue weighted by atomic mass is 9.53. The third kappa shape index (κ3) is 1.56. The number of rotatable bonds is 2. The highest BCUT2D eigenvalue weighted by Crippen LogP contribution is 2.69. The number of ketones is 1. The first-order valence-electron chi connectivity index (χ1n) is 8.38. The number of fused-ring (bicyclic) bond motifs is 1. The van der Waals surface area contributed by atoms with E-state index < -0.39 is 17.1 Å². The van der Waals surface area contributed by atoms with Gasteiger partial charge >= 0.3 is 5.97 Å². The minimum atomic E-state index is -0.888. The van der Waals surface area contributed by atoms with Crippen LogP contribution in [0.4, 0.5) is 0 Å². The molecule has 1 aromatic heterocycles. The zero-order valence-electron chi connectivity index (χ0n) is 14.0. The average Bonchev–Trinajstić information content (AvgIpc) is 3.17. The standard InChI is InChI=1S/C18H22O5/c1-5-12(19)22-16-13-9(2)8-21-14(13)15(20)18-11(23-18)7-6-10(3)17(16,18)4/h8,10-11,16H,5-7H2,1-4H3/t10-,11+,16+,17-,18-/m0/s1. The number of carbonyl (C=O) groups is 2. The Morgan fingerprint density at radius 1 is 1.43 bits per heavy atom. The van der Waals surface area contributed by atoms with Crippen LogP contribution >= 0.6 is 0 Å². The van der Waals surface area contributed by atoms with E-state index in [4.69, 9.17) is 13.9 Å². The fourth-order valence-corrected chi connectivity index (χ4v) is 4.71. The van der Waals surface area contributed by atoms with Crippen LogP contribution in [0.25, 0.3) is 0 Å². The molecule has 1 aliphatic heterocycles. The molecule has 2 fully saturated rings.